The van der Waals surface area contributed by atoms with Gasteiger partial charge in [0.2, 0.25) is 5.91 Å². The van der Waals surface area contributed by atoms with E-state index in [1.165, 1.54) is 12.8 Å². The third-order valence-corrected chi connectivity index (χ3v) is 3.66. The van der Waals surface area contributed by atoms with Gasteiger partial charge in [-0.1, -0.05) is 44.7 Å². The molecule has 0 fully saturated rings. The van der Waals surface area contributed by atoms with Gasteiger partial charge in [-0.2, -0.15) is 0 Å². The Morgan fingerprint density at radius 2 is 2.05 bits per heavy atom. The fourth-order valence-corrected chi connectivity index (χ4v) is 2.60. The van der Waals surface area contributed by atoms with Crippen LogP contribution in [0.5, 0.6) is 11.5 Å². The van der Waals surface area contributed by atoms with Crippen LogP contribution in [0.2, 0.25) is 0 Å². The summed E-state index contributed by atoms with van der Waals surface area (Å²) in [6, 6.07) is 5.68. The van der Waals surface area contributed by atoms with Gasteiger partial charge in [0.15, 0.2) is 11.5 Å². The molecule has 20 heavy (non-hydrogen) atoms. The third-order valence-electron chi connectivity index (χ3n) is 3.66. The van der Waals surface area contributed by atoms with Gasteiger partial charge >= 0.3 is 0 Å². The van der Waals surface area contributed by atoms with Crippen LogP contribution in [0.25, 0.3) is 0 Å². The number of hydrogen-bond acceptors (Lipinski definition) is 3. The van der Waals surface area contributed by atoms with E-state index in [2.05, 4.69) is 6.92 Å². The number of hydrogen-bond donors (Lipinski definition) is 1. The number of unbranched alkanes of at least 4 members (excludes halogenated alkanes) is 3. The van der Waals surface area contributed by atoms with Gasteiger partial charge in [0.1, 0.15) is 13.2 Å². The van der Waals surface area contributed by atoms with Gasteiger partial charge in [0.25, 0.3) is 0 Å². The summed E-state index contributed by atoms with van der Waals surface area (Å²) in [6.07, 6.45) is 5.28. The Kier molecular flexibility index (Phi) is 5.27. The third kappa shape index (κ3) is 3.44. The Morgan fingerprint density at radius 3 is 2.80 bits per heavy atom. The van der Waals surface area contributed by atoms with E-state index in [1.54, 1.807) is 0 Å². The highest BCUT2D eigenvalue weighted by Crippen LogP contribution is 2.39. The van der Waals surface area contributed by atoms with Crippen LogP contribution >= 0.6 is 0 Å². The molecule has 0 radical (unpaired) electrons. The molecular formula is C16H23NO3. The molecule has 1 amide bonds. The largest absolute Gasteiger partial charge is 0.486 e. The summed E-state index contributed by atoms with van der Waals surface area (Å²) in [5, 5.41) is 0. The van der Waals surface area contributed by atoms with E-state index < -0.39 is 0 Å². The normalized spacial score (nSPS) is 14.8. The Labute approximate surface area is 120 Å². The molecule has 1 aliphatic rings. The number of ether oxygens (including phenoxy) is 2. The van der Waals surface area contributed by atoms with E-state index in [-0.39, 0.29) is 11.8 Å². The first-order valence-corrected chi connectivity index (χ1v) is 7.42. The smallest absolute Gasteiger partial charge is 0.225 e. The van der Waals surface area contributed by atoms with Crippen LogP contribution in [0.4, 0.5) is 0 Å². The highest BCUT2D eigenvalue weighted by Gasteiger charge is 2.25. The van der Waals surface area contributed by atoms with Crippen molar-refractivity contribution in [3.05, 3.63) is 23.8 Å². The van der Waals surface area contributed by atoms with Crippen molar-refractivity contribution in [3.63, 3.8) is 0 Å². The molecule has 0 saturated carbocycles. The number of carbonyl (C=O) groups excluding carboxylic acids is 1. The predicted molar refractivity (Wildman–Crippen MR) is 78.1 cm³/mol. The summed E-state index contributed by atoms with van der Waals surface area (Å²) >= 11 is 0. The number of amides is 1. The SMILES string of the molecule is CCCCCCC(C(N)=O)c1cccc2c1OCCO2. The van der Waals surface area contributed by atoms with Crippen LogP contribution < -0.4 is 15.2 Å². The fraction of sp³-hybridized carbons (Fsp3) is 0.562. The van der Waals surface area contributed by atoms with Gasteiger partial charge in [-0.15, -0.1) is 0 Å². The first kappa shape index (κ1) is 14.7. The number of carbonyl (C=O) groups is 1. The maximum absolute atomic E-state index is 11.8. The molecule has 1 atom stereocenters. The Morgan fingerprint density at radius 1 is 1.25 bits per heavy atom. The zero-order chi connectivity index (χ0) is 14.4. The van der Waals surface area contributed by atoms with Crippen LogP contribution in [0, 0.1) is 0 Å². The van der Waals surface area contributed by atoms with Gasteiger partial charge < -0.3 is 15.2 Å². The molecule has 1 aromatic rings. The molecule has 0 bridgehead atoms. The Hall–Kier alpha value is -1.71. The second-order valence-corrected chi connectivity index (χ2v) is 5.18. The minimum atomic E-state index is -0.288. The van der Waals surface area contributed by atoms with Gasteiger partial charge in [0.05, 0.1) is 5.92 Å². The first-order chi connectivity index (χ1) is 9.74. The lowest BCUT2D eigenvalue weighted by atomic mass is 9.91. The summed E-state index contributed by atoms with van der Waals surface area (Å²) in [5.41, 5.74) is 6.45. The number of benzene rings is 1. The molecule has 1 unspecified atom stereocenters. The predicted octanol–water partition coefficient (Wildman–Crippen LogP) is 3.00. The van der Waals surface area contributed by atoms with E-state index in [0.717, 1.165) is 24.8 Å². The van der Waals surface area contributed by atoms with Gasteiger partial charge in [-0.05, 0) is 12.5 Å². The maximum atomic E-state index is 11.8. The van der Waals surface area contributed by atoms with Crippen molar-refractivity contribution in [2.24, 2.45) is 5.73 Å². The van der Waals surface area contributed by atoms with Crippen LogP contribution in [-0.4, -0.2) is 19.1 Å². The van der Waals surface area contributed by atoms with Crippen LogP contribution in [-0.2, 0) is 4.79 Å². The number of fused-ring (bicyclic) bond motifs is 1. The summed E-state index contributed by atoms with van der Waals surface area (Å²) in [4.78, 5) is 11.8. The van der Waals surface area contributed by atoms with Crippen molar-refractivity contribution < 1.29 is 14.3 Å². The number of rotatable bonds is 7. The first-order valence-electron chi connectivity index (χ1n) is 7.42. The minimum Gasteiger partial charge on any atom is -0.486 e. The van der Waals surface area contributed by atoms with Crippen molar-refractivity contribution >= 4 is 5.91 Å². The van der Waals surface area contributed by atoms with Crippen molar-refractivity contribution in [1.82, 2.24) is 0 Å². The van der Waals surface area contributed by atoms with Crippen molar-refractivity contribution in [3.8, 4) is 11.5 Å². The van der Waals surface area contributed by atoms with E-state index in [0.29, 0.717) is 24.7 Å². The highest BCUT2D eigenvalue weighted by molar-refractivity contribution is 5.83. The molecule has 1 aliphatic heterocycles. The molecule has 2 N–H and O–H groups in total. The van der Waals surface area contributed by atoms with E-state index in [1.807, 2.05) is 18.2 Å². The lowest BCUT2D eigenvalue weighted by molar-refractivity contribution is -0.119. The van der Waals surface area contributed by atoms with Crippen LogP contribution in [0.15, 0.2) is 18.2 Å². The average molecular weight is 277 g/mol. The van der Waals surface area contributed by atoms with Gasteiger partial charge in [-0.3, -0.25) is 4.79 Å². The molecular weight excluding hydrogens is 254 g/mol. The van der Waals surface area contributed by atoms with E-state index in [4.69, 9.17) is 15.2 Å². The van der Waals surface area contributed by atoms with Crippen molar-refractivity contribution in [2.75, 3.05) is 13.2 Å². The lowest BCUT2D eigenvalue weighted by Crippen LogP contribution is -2.24. The quantitative estimate of drug-likeness (QED) is 0.779. The Balaban J connectivity index is 2.14. The molecule has 0 saturated heterocycles. The van der Waals surface area contributed by atoms with Crippen molar-refractivity contribution in [2.45, 2.75) is 44.9 Å². The number of para-hydroxylation sites is 1. The molecule has 1 aromatic carbocycles. The van der Waals surface area contributed by atoms with Crippen LogP contribution in [0.1, 0.15) is 50.5 Å². The molecule has 4 heteroatoms. The summed E-state index contributed by atoms with van der Waals surface area (Å²) in [7, 11) is 0. The molecule has 4 nitrogen and oxygen atoms in total. The highest BCUT2D eigenvalue weighted by atomic mass is 16.6. The molecule has 0 aromatic heterocycles. The second-order valence-electron chi connectivity index (χ2n) is 5.18. The lowest BCUT2D eigenvalue weighted by Gasteiger charge is -2.24. The van der Waals surface area contributed by atoms with Crippen molar-refractivity contribution in [1.29, 1.82) is 0 Å². The van der Waals surface area contributed by atoms with E-state index >= 15 is 0 Å². The minimum absolute atomic E-state index is 0.288. The number of nitrogens with two attached hydrogens (primary N) is 1. The topological polar surface area (TPSA) is 61.6 Å². The standard InChI is InChI=1S/C16H23NO3/c1-2-3-4-5-7-13(16(17)18)12-8-6-9-14-15(12)20-11-10-19-14/h6,8-9,13H,2-5,7,10-11H2,1H3,(H2,17,18). The average Bonchev–Trinajstić information content (AvgIpc) is 2.47. The second kappa shape index (κ2) is 7.17. The fourth-order valence-electron chi connectivity index (χ4n) is 2.60. The molecule has 2 rings (SSSR count). The van der Waals surface area contributed by atoms with Gasteiger partial charge in [-0.25, -0.2) is 0 Å². The summed E-state index contributed by atoms with van der Waals surface area (Å²) in [5.74, 6) is 0.833. The summed E-state index contributed by atoms with van der Waals surface area (Å²) < 4.78 is 11.2. The molecule has 0 spiro atoms. The number of primary amides is 1. The zero-order valence-electron chi connectivity index (χ0n) is 12.1. The summed E-state index contributed by atoms with van der Waals surface area (Å²) in [6.45, 7) is 3.24. The monoisotopic (exact) mass is 277 g/mol. The molecule has 110 valence electrons. The maximum Gasteiger partial charge on any atom is 0.225 e. The molecule has 1 heterocycles. The zero-order valence-corrected chi connectivity index (χ0v) is 12.1. The molecule has 0 aliphatic carbocycles. The Bertz CT molecular complexity index is 459. The van der Waals surface area contributed by atoms with Gasteiger partial charge in [0, 0.05) is 5.56 Å². The van der Waals surface area contributed by atoms with Crippen LogP contribution in [0.3, 0.4) is 0 Å². The van der Waals surface area contributed by atoms with E-state index in [9.17, 15) is 4.79 Å².